The van der Waals surface area contributed by atoms with Crippen LogP contribution in [0.3, 0.4) is 0 Å². The molecule has 0 radical (unpaired) electrons. The van der Waals surface area contributed by atoms with Crippen molar-refractivity contribution in [3.05, 3.63) is 0 Å². The van der Waals surface area contributed by atoms with Crippen molar-refractivity contribution in [1.29, 1.82) is 0 Å². The molecule has 0 aliphatic heterocycles. The minimum Gasteiger partial charge on any atom is -0.352 e. The summed E-state index contributed by atoms with van der Waals surface area (Å²) >= 11 is 0. The molecule has 0 aliphatic rings. The van der Waals surface area contributed by atoms with Gasteiger partial charge < -0.3 is 9.47 Å². The maximum atomic E-state index is 6.18. The molecule has 0 bridgehead atoms. The van der Waals surface area contributed by atoms with Crippen LogP contribution in [0.1, 0.15) is 81.6 Å². The van der Waals surface area contributed by atoms with E-state index in [1.807, 2.05) is 0 Å². The van der Waals surface area contributed by atoms with Crippen molar-refractivity contribution in [2.45, 2.75) is 93.5 Å². The van der Waals surface area contributed by atoms with E-state index in [0.29, 0.717) is 5.41 Å². The lowest BCUT2D eigenvalue weighted by Gasteiger charge is -2.37. The van der Waals surface area contributed by atoms with Crippen LogP contribution in [0.25, 0.3) is 0 Å². The van der Waals surface area contributed by atoms with Gasteiger partial charge in [-0.3, -0.25) is 0 Å². The van der Waals surface area contributed by atoms with Crippen LogP contribution in [0.5, 0.6) is 0 Å². The second-order valence-corrected chi connectivity index (χ2v) is 8.07. The van der Waals surface area contributed by atoms with E-state index in [2.05, 4.69) is 62.3 Å². The summed E-state index contributed by atoms with van der Waals surface area (Å²) in [4.78, 5) is 0. The Morgan fingerprint density at radius 2 is 1.37 bits per heavy atom. The zero-order valence-corrected chi connectivity index (χ0v) is 14.7. The van der Waals surface area contributed by atoms with E-state index in [-0.39, 0.29) is 17.3 Å². The van der Waals surface area contributed by atoms with Crippen LogP contribution < -0.4 is 0 Å². The Bertz CT molecular complexity index is 248. The van der Waals surface area contributed by atoms with Gasteiger partial charge in [-0.1, -0.05) is 54.9 Å². The third kappa shape index (κ3) is 7.94. The van der Waals surface area contributed by atoms with Gasteiger partial charge in [0.15, 0.2) is 6.29 Å². The van der Waals surface area contributed by atoms with Gasteiger partial charge in [-0.25, -0.2) is 0 Å². The van der Waals surface area contributed by atoms with Crippen molar-refractivity contribution in [3.8, 4) is 0 Å². The molecule has 0 rings (SSSR count). The van der Waals surface area contributed by atoms with E-state index in [4.69, 9.17) is 9.47 Å². The summed E-state index contributed by atoms with van der Waals surface area (Å²) in [5, 5.41) is 0. The third-order valence-corrected chi connectivity index (χ3v) is 3.99. The molecule has 2 nitrogen and oxygen atoms in total. The highest BCUT2D eigenvalue weighted by atomic mass is 16.7. The number of ether oxygens (including phenoxy) is 2. The molecule has 0 fully saturated rings. The molecule has 0 N–H and O–H groups in total. The molecule has 1 atom stereocenters. The zero-order chi connectivity index (χ0) is 15.3. The van der Waals surface area contributed by atoms with Gasteiger partial charge >= 0.3 is 0 Å². The van der Waals surface area contributed by atoms with Crippen LogP contribution in [-0.4, -0.2) is 18.5 Å². The second-order valence-electron chi connectivity index (χ2n) is 8.07. The van der Waals surface area contributed by atoms with Crippen molar-refractivity contribution < 1.29 is 9.47 Å². The number of rotatable bonds is 8. The Hall–Kier alpha value is -0.0800. The SMILES string of the molecule is CCC(C)(C)CCOC(OC(C)(C)CC)C(C)(C)C. The first-order valence-corrected chi connectivity index (χ1v) is 7.73. The predicted molar refractivity (Wildman–Crippen MR) is 83.3 cm³/mol. The van der Waals surface area contributed by atoms with Gasteiger partial charge in [-0.15, -0.1) is 0 Å². The summed E-state index contributed by atoms with van der Waals surface area (Å²) in [6.45, 7) is 20.5. The van der Waals surface area contributed by atoms with Gasteiger partial charge in [0.2, 0.25) is 0 Å². The fourth-order valence-corrected chi connectivity index (χ4v) is 1.45. The average molecular weight is 272 g/mol. The van der Waals surface area contributed by atoms with Crippen LogP contribution in [0.15, 0.2) is 0 Å². The maximum absolute atomic E-state index is 6.18. The first-order chi connectivity index (χ1) is 8.43. The van der Waals surface area contributed by atoms with Crippen LogP contribution in [-0.2, 0) is 9.47 Å². The Balaban J connectivity index is 4.48. The van der Waals surface area contributed by atoms with E-state index < -0.39 is 0 Å². The zero-order valence-electron chi connectivity index (χ0n) is 14.7. The smallest absolute Gasteiger partial charge is 0.163 e. The molecule has 0 aromatic carbocycles. The molecular weight excluding hydrogens is 236 g/mol. The number of hydrogen-bond acceptors (Lipinski definition) is 2. The van der Waals surface area contributed by atoms with E-state index >= 15 is 0 Å². The average Bonchev–Trinajstić information content (AvgIpc) is 2.26. The summed E-state index contributed by atoms with van der Waals surface area (Å²) in [6, 6.07) is 0. The summed E-state index contributed by atoms with van der Waals surface area (Å²) in [6.07, 6.45) is 3.10. The van der Waals surface area contributed by atoms with Gasteiger partial charge in [0.05, 0.1) is 12.2 Å². The summed E-state index contributed by atoms with van der Waals surface area (Å²) in [7, 11) is 0. The first-order valence-electron chi connectivity index (χ1n) is 7.73. The molecule has 0 aromatic rings. The van der Waals surface area contributed by atoms with Crippen molar-refractivity contribution in [2.75, 3.05) is 6.61 Å². The summed E-state index contributed by atoms with van der Waals surface area (Å²) < 4.78 is 12.2. The van der Waals surface area contributed by atoms with Gasteiger partial charge in [0, 0.05) is 5.41 Å². The van der Waals surface area contributed by atoms with Crippen LogP contribution in [0, 0.1) is 10.8 Å². The highest BCUT2D eigenvalue weighted by Crippen LogP contribution is 2.30. The van der Waals surface area contributed by atoms with E-state index in [0.717, 1.165) is 19.4 Å². The van der Waals surface area contributed by atoms with E-state index in [1.165, 1.54) is 6.42 Å². The topological polar surface area (TPSA) is 18.5 Å². The van der Waals surface area contributed by atoms with Gasteiger partial charge in [0.25, 0.3) is 0 Å². The summed E-state index contributed by atoms with van der Waals surface area (Å²) in [5.41, 5.74) is 0.226. The molecule has 0 saturated heterocycles. The molecule has 0 aliphatic carbocycles. The minimum atomic E-state index is -0.143. The van der Waals surface area contributed by atoms with Crippen LogP contribution in [0.2, 0.25) is 0 Å². The molecule has 2 heteroatoms. The minimum absolute atomic E-state index is 0.00278. The Morgan fingerprint density at radius 3 is 1.74 bits per heavy atom. The van der Waals surface area contributed by atoms with Crippen molar-refractivity contribution in [2.24, 2.45) is 10.8 Å². The highest BCUT2D eigenvalue weighted by Gasteiger charge is 2.32. The monoisotopic (exact) mass is 272 g/mol. The summed E-state index contributed by atoms with van der Waals surface area (Å²) in [5.74, 6) is 0. The van der Waals surface area contributed by atoms with Crippen molar-refractivity contribution in [1.82, 2.24) is 0 Å². The quantitative estimate of drug-likeness (QED) is 0.550. The van der Waals surface area contributed by atoms with E-state index in [1.54, 1.807) is 0 Å². The van der Waals surface area contributed by atoms with Gasteiger partial charge in [-0.2, -0.15) is 0 Å². The van der Waals surface area contributed by atoms with Gasteiger partial charge in [-0.05, 0) is 32.1 Å². The van der Waals surface area contributed by atoms with Gasteiger partial charge in [0.1, 0.15) is 0 Å². The highest BCUT2D eigenvalue weighted by molar-refractivity contribution is 4.74. The van der Waals surface area contributed by atoms with Crippen LogP contribution in [0.4, 0.5) is 0 Å². The molecule has 1 unspecified atom stereocenters. The lowest BCUT2D eigenvalue weighted by atomic mass is 9.87. The molecule has 0 heterocycles. The lowest BCUT2D eigenvalue weighted by Crippen LogP contribution is -2.40. The Morgan fingerprint density at radius 1 is 0.842 bits per heavy atom. The normalized spacial score (nSPS) is 15.6. The molecule has 0 amide bonds. The molecule has 116 valence electrons. The predicted octanol–water partition coefficient (Wildman–Crippen LogP) is 5.41. The molecule has 0 saturated carbocycles. The Labute approximate surface area is 121 Å². The van der Waals surface area contributed by atoms with E-state index in [9.17, 15) is 0 Å². The lowest BCUT2D eigenvalue weighted by molar-refractivity contribution is -0.244. The third-order valence-electron chi connectivity index (χ3n) is 3.99. The second kappa shape index (κ2) is 7.08. The van der Waals surface area contributed by atoms with Crippen LogP contribution >= 0.6 is 0 Å². The van der Waals surface area contributed by atoms with Crippen molar-refractivity contribution in [3.63, 3.8) is 0 Å². The van der Waals surface area contributed by atoms with Crippen molar-refractivity contribution >= 4 is 0 Å². The maximum Gasteiger partial charge on any atom is 0.163 e. The molecule has 19 heavy (non-hydrogen) atoms. The fraction of sp³-hybridized carbons (Fsp3) is 1.00. The Kier molecular flexibility index (Phi) is 7.05. The molecule has 0 aromatic heterocycles. The fourth-order valence-electron chi connectivity index (χ4n) is 1.45. The first kappa shape index (κ1) is 18.9. The largest absolute Gasteiger partial charge is 0.352 e. The molecule has 0 spiro atoms. The standard InChI is InChI=1S/C17H36O2/c1-10-16(6,7)12-13-18-14(15(3,4)5)19-17(8,9)11-2/h14H,10-13H2,1-9H3. The number of hydrogen-bond donors (Lipinski definition) is 0. The molecular formula is C17H36O2.